The van der Waals surface area contributed by atoms with Crippen LogP contribution in [-0.4, -0.2) is 6.54 Å². The van der Waals surface area contributed by atoms with Gasteiger partial charge >= 0.3 is 0 Å². The summed E-state index contributed by atoms with van der Waals surface area (Å²) >= 11 is 7.28. The molecule has 2 nitrogen and oxygen atoms in total. The third kappa shape index (κ3) is 5.30. The smallest absolute Gasteiger partial charge is 0.165 e. The highest BCUT2D eigenvalue weighted by molar-refractivity contribution is 7.16. The van der Waals surface area contributed by atoms with Crippen molar-refractivity contribution < 1.29 is 9.13 Å². The van der Waals surface area contributed by atoms with Crippen LogP contribution in [0.4, 0.5) is 4.39 Å². The van der Waals surface area contributed by atoms with Gasteiger partial charge in [-0.3, -0.25) is 0 Å². The van der Waals surface area contributed by atoms with Crippen molar-refractivity contribution in [3.63, 3.8) is 0 Å². The molecule has 0 amide bonds. The monoisotopic (exact) mass is 327 g/mol. The highest BCUT2D eigenvalue weighted by Gasteiger charge is 2.06. The zero-order chi connectivity index (χ0) is 15.2. The number of thiophene rings is 1. The summed E-state index contributed by atoms with van der Waals surface area (Å²) in [5.74, 6) is 0.517. The normalized spacial score (nSPS) is 11.1. The first-order valence-corrected chi connectivity index (χ1v) is 8.10. The number of rotatable bonds is 7. The molecule has 0 radical (unpaired) electrons. The van der Waals surface area contributed by atoms with Crippen LogP contribution in [-0.2, 0) is 13.2 Å². The Labute approximate surface area is 133 Å². The topological polar surface area (TPSA) is 21.3 Å². The summed E-state index contributed by atoms with van der Waals surface area (Å²) in [6, 6.07) is 8.77. The van der Waals surface area contributed by atoms with Gasteiger partial charge in [0.1, 0.15) is 6.61 Å². The maximum absolute atomic E-state index is 14.0. The number of hydrogen-bond donors (Lipinski definition) is 1. The fourth-order valence-electron chi connectivity index (χ4n) is 1.85. The van der Waals surface area contributed by atoms with E-state index in [0.29, 0.717) is 23.4 Å². The number of hydrogen-bond acceptors (Lipinski definition) is 3. The second-order valence-electron chi connectivity index (χ2n) is 5.28. The van der Waals surface area contributed by atoms with Crippen LogP contribution >= 0.6 is 22.9 Å². The second kappa shape index (κ2) is 7.78. The van der Waals surface area contributed by atoms with Crippen LogP contribution in [0.15, 0.2) is 30.3 Å². The molecule has 0 aliphatic rings. The molecule has 5 heteroatoms. The van der Waals surface area contributed by atoms with Crippen LogP contribution in [0.1, 0.15) is 24.3 Å². The Balaban J connectivity index is 1.89. The Kier molecular flexibility index (Phi) is 6.03. The molecule has 0 aliphatic carbocycles. The van der Waals surface area contributed by atoms with Crippen molar-refractivity contribution in [1.82, 2.24) is 5.32 Å². The van der Waals surface area contributed by atoms with Crippen LogP contribution in [0.5, 0.6) is 5.75 Å². The molecule has 0 saturated carbocycles. The van der Waals surface area contributed by atoms with E-state index < -0.39 is 0 Å². The summed E-state index contributed by atoms with van der Waals surface area (Å²) in [5, 5.41) is 3.29. The van der Waals surface area contributed by atoms with Crippen molar-refractivity contribution in [2.75, 3.05) is 6.54 Å². The van der Waals surface area contributed by atoms with Gasteiger partial charge in [0, 0.05) is 11.4 Å². The minimum absolute atomic E-state index is 0.270. The highest BCUT2D eigenvalue weighted by atomic mass is 35.5. The summed E-state index contributed by atoms with van der Waals surface area (Å²) < 4.78 is 20.2. The van der Waals surface area contributed by atoms with Crippen molar-refractivity contribution >= 4 is 22.9 Å². The fourth-order valence-corrected chi connectivity index (χ4v) is 2.86. The van der Waals surface area contributed by atoms with Gasteiger partial charge in [-0.15, -0.1) is 11.3 Å². The highest BCUT2D eigenvalue weighted by Crippen LogP contribution is 2.24. The van der Waals surface area contributed by atoms with Gasteiger partial charge in [-0.2, -0.15) is 0 Å². The SMILES string of the molecule is CC(C)CNCc1ccc(OCc2ccc(Cl)s2)c(F)c1. The van der Waals surface area contributed by atoms with Crippen LogP contribution in [0, 0.1) is 11.7 Å². The van der Waals surface area contributed by atoms with Crippen molar-refractivity contribution in [1.29, 1.82) is 0 Å². The minimum Gasteiger partial charge on any atom is -0.485 e. The first-order chi connectivity index (χ1) is 10.0. The lowest BCUT2D eigenvalue weighted by atomic mass is 10.2. The summed E-state index contributed by atoms with van der Waals surface area (Å²) in [6.07, 6.45) is 0. The average Bonchev–Trinajstić information content (AvgIpc) is 2.83. The van der Waals surface area contributed by atoms with Gasteiger partial charge in [-0.1, -0.05) is 31.5 Å². The van der Waals surface area contributed by atoms with E-state index in [1.807, 2.05) is 18.2 Å². The van der Waals surface area contributed by atoms with Gasteiger partial charge in [0.2, 0.25) is 0 Å². The lowest BCUT2D eigenvalue weighted by Gasteiger charge is -2.10. The molecule has 1 N–H and O–H groups in total. The summed E-state index contributed by atoms with van der Waals surface area (Å²) in [5.41, 5.74) is 0.916. The van der Waals surface area contributed by atoms with E-state index in [-0.39, 0.29) is 11.6 Å². The molecule has 2 rings (SSSR count). The summed E-state index contributed by atoms with van der Waals surface area (Å²) in [7, 11) is 0. The Bertz CT molecular complexity index is 585. The van der Waals surface area contributed by atoms with Crippen LogP contribution < -0.4 is 10.1 Å². The van der Waals surface area contributed by atoms with E-state index in [1.54, 1.807) is 6.07 Å². The van der Waals surface area contributed by atoms with Gasteiger partial charge < -0.3 is 10.1 Å². The molecule has 0 atom stereocenters. The van der Waals surface area contributed by atoms with Crippen molar-refractivity contribution in [2.45, 2.75) is 27.0 Å². The van der Waals surface area contributed by atoms with Crippen LogP contribution in [0.3, 0.4) is 0 Å². The molecular formula is C16H19ClFNOS. The number of benzene rings is 1. The molecule has 0 saturated heterocycles. The van der Waals surface area contributed by atoms with Gasteiger partial charge in [-0.25, -0.2) is 4.39 Å². The number of ether oxygens (including phenoxy) is 1. The molecule has 0 spiro atoms. The molecule has 114 valence electrons. The van der Waals surface area contributed by atoms with E-state index in [4.69, 9.17) is 16.3 Å². The summed E-state index contributed by atoms with van der Waals surface area (Å²) in [6.45, 7) is 6.19. The van der Waals surface area contributed by atoms with E-state index in [1.165, 1.54) is 17.4 Å². The van der Waals surface area contributed by atoms with E-state index >= 15 is 0 Å². The standard InChI is InChI=1S/C16H19ClFNOS/c1-11(2)8-19-9-12-3-5-15(14(18)7-12)20-10-13-4-6-16(17)21-13/h3-7,11,19H,8-10H2,1-2H3. The lowest BCUT2D eigenvalue weighted by Crippen LogP contribution is -2.19. The molecule has 0 fully saturated rings. The maximum Gasteiger partial charge on any atom is 0.165 e. The molecule has 0 bridgehead atoms. The zero-order valence-corrected chi connectivity index (χ0v) is 13.7. The number of nitrogens with one attached hydrogen (secondary N) is 1. The van der Waals surface area contributed by atoms with Crippen LogP contribution in [0.25, 0.3) is 0 Å². The number of halogens is 2. The molecule has 1 heterocycles. The molecular weight excluding hydrogens is 309 g/mol. The Morgan fingerprint density at radius 2 is 2.10 bits per heavy atom. The van der Waals surface area contributed by atoms with Gasteiger partial charge in [0.25, 0.3) is 0 Å². The predicted molar refractivity (Wildman–Crippen MR) is 86.6 cm³/mol. The third-order valence-electron chi connectivity index (χ3n) is 2.88. The summed E-state index contributed by atoms with van der Waals surface area (Å²) in [4.78, 5) is 0.974. The third-order valence-corrected chi connectivity index (χ3v) is 4.08. The fraction of sp³-hybridized carbons (Fsp3) is 0.375. The Hall–Kier alpha value is -1.10. The first-order valence-electron chi connectivity index (χ1n) is 6.90. The van der Waals surface area contributed by atoms with Crippen molar-refractivity contribution in [2.24, 2.45) is 5.92 Å². The second-order valence-corrected chi connectivity index (χ2v) is 7.08. The Morgan fingerprint density at radius 3 is 2.71 bits per heavy atom. The zero-order valence-electron chi connectivity index (χ0n) is 12.2. The van der Waals surface area contributed by atoms with Crippen LogP contribution in [0.2, 0.25) is 4.34 Å². The largest absolute Gasteiger partial charge is 0.485 e. The quantitative estimate of drug-likeness (QED) is 0.783. The molecule has 0 aliphatic heterocycles. The molecule has 1 aromatic heterocycles. The van der Waals surface area contributed by atoms with E-state index in [9.17, 15) is 4.39 Å². The van der Waals surface area contributed by atoms with Gasteiger partial charge in [-0.05, 0) is 42.3 Å². The van der Waals surface area contributed by atoms with Gasteiger partial charge in [0.05, 0.1) is 4.34 Å². The first kappa shape index (κ1) is 16.3. The van der Waals surface area contributed by atoms with Crippen molar-refractivity contribution in [3.05, 3.63) is 50.9 Å². The average molecular weight is 328 g/mol. The van der Waals surface area contributed by atoms with E-state index in [0.717, 1.165) is 17.0 Å². The molecule has 0 unspecified atom stereocenters. The van der Waals surface area contributed by atoms with E-state index in [2.05, 4.69) is 19.2 Å². The Morgan fingerprint density at radius 1 is 1.29 bits per heavy atom. The van der Waals surface area contributed by atoms with Gasteiger partial charge in [0.15, 0.2) is 11.6 Å². The molecule has 2 aromatic rings. The lowest BCUT2D eigenvalue weighted by molar-refractivity contribution is 0.293. The molecule has 21 heavy (non-hydrogen) atoms. The maximum atomic E-state index is 14.0. The molecule has 1 aromatic carbocycles. The predicted octanol–water partition coefficient (Wildman–Crippen LogP) is 4.87. The van der Waals surface area contributed by atoms with Crippen molar-refractivity contribution in [3.8, 4) is 5.75 Å². The minimum atomic E-state index is -0.332.